The lowest BCUT2D eigenvalue weighted by atomic mass is 10.2. The normalized spacial score (nSPS) is 13.3. The number of nitrogens with zero attached hydrogens (tertiary/aromatic N) is 1. The molecule has 0 spiro atoms. The summed E-state index contributed by atoms with van der Waals surface area (Å²) in [5, 5.41) is 10.0. The third-order valence-electron chi connectivity index (χ3n) is 2.02. The van der Waals surface area contributed by atoms with Gasteiger partial charge in [-0.1, -0.05) is 29.8 Å². The van der Waals surface area contributed by atoms with Gasteiger partial charge in [0.25, 0.3) is 0 Å². The first-order chi connectivity index (χ1) is 6.11. The second kappa shape index (κ2) is 4.61. The SMILES string of the molecule is CC(O)N(C)Cc1ccccc1Cl. The molecular weight excluding hydrogens is 186 g/mol. The summed E-state index contributed by atoms with van der Waals surface area (Å²) in [7, 11) is 1.86. The van der Waals surface area contributed by atoms with Crippen LogP contribution in [0, 0.1) is 0 Å². The number of hydrogen-bond donors (Lipinski definition) is 1. The maximum atomic E-state index is 9.26. The Hall–Kier alpha value is -0.570. The van der Waals surface area contributed by atoms with Crippen molar-refractivity contribution in [2.75, 3.05) is 7.05 Å². The zero-order valence-electron chi connectivity index (χ0n) is 7.87. The van der Waals surface area contributed by atoms with Gasteiger partial charge in [-0.2, -0.15) is 0 Å². The van der Waals surface area contributed by atoms with E-state index in [0.717, 1.165) is 10.6 Å². The molecule has 1 aromatic rings. The Balaban J connectivity index is 2.69. The second-order valence-electron chi connectivity index (χ2n) is 3.14. The standard InChI is InChI=1S/C10H14ClNO/c1-8(13)12(2)7-9-5-3-4-6-10(9)11/h3-6,8,13H,7H2,1-2H3. The zero-order valence-corrected chi connectivity index (χ0v) is 8.62. The van der Waals surface area contributed by atoms with Crippen molar-refractivity contribution < 1.29 is 5.11 Å². The van der Waals surface area contributed by atoms with E-state index in [9.17, 15) is 5.11 Å². The van der Waals surface area contributed by atoms with Gasteiger partial charge in [-0.25, -0.2) is 0 Å². The molecule has 72 valence electrons. The maximum absolute atomic E-state index is 9.26. The number of aliphatic hydroxyl groups excluding tert-OH is 1. The van der Waals surface area contributed by atoms with E-state index in [4.69, 9.17) is 11.6 Å². The van der Waals surface area contributed by atoms with Crippen LogP contribution in [0.15, 0.2) is 24.3 Å². The summed E-state index contributed by atoms with van der Waals surface area (Å²) >= 11 is 5.96. The predicted octanol–water partition coefficient (Wildman–Crippen LogP) is 2.11. The first-order valence-corrected chi connectivity index (χ1v) is 4.61. The molecule has 0 saturated carbocycles. The van der Waals surface area contributed by atoms with E-state index in [1.165, 1.54) is 0 Å². The topological polar surface area (TPSA) is 23.5 Å². The lowest BCUT2D eigenvalue weighted by Gasteiger charge is -2.20. The number of halogens is 1. The van der Waals surface area contributed by atoms with Crippen LogP contribution in [-0.4, -0.2) is 23.3 Å². The van der Waals surface area contributed by atoms with Gasteiger partial charge in [-0.3, -0.25) is 4.90 Å². The minimum Gasteiger partial charge on any atom is -0.379 e. The third-order valence-corrected chi connectivity index (χ3v) is 2.38. The van der Waals surface area contributed by atoms with Crippen molar-refractivity contribution >= 4 is 11.6 Å². The molecule has 0 aliphatic heterocycles. The molecule has 1 rings (SSSR count). The highest BCUT2D eigenvalue weighted by Gasteiger charge is 2.07. The van der Waals surface area contributed by atoms with Crippen molar-refractivity contribution in [3.8, 4) is 0 Å². The lowest BCUT2D eigenvalue weighted by molar-refractivity contribution is 0.0329. The van der Waals surface area contributed by atoms with Gasteiger partial charge in [-0.15, -0.1) is 0 Å². The lowest BCUT2D eigenvalue weighted by Crippen LogP contribution is -2.27. The molecule has 1 unspecified atom stereocenters. The van der Waals surface area contributed by atoms with Crippen LogP contribution in [0.25, 0.3) is 0 Å². The van der Waals surface area contributed by atoms with Crippen LogP contribution >= 0.6 is 11.6 Å². The largest absolute Gasteiger partial charge is 0.379 e. The molecule has 0 radical (unpaired) electrons. The molecule has 0 bridgehead atoms. The Labute approximate surface area is 83.7 Å². The van der Waals surface area contributed by atoms with Crippen molar-refractivity contribution in [1.29, 1.82) is 0 Å². The van der Waals surface area contributed by atoms with E-state index in [1.807, 2.05) is 36.2 Å². The Bertz CT molecular complexity index is 275. The molecule has 1 N–H and O–H groups in total. The minimum atomic E-state index is -0.448. The van der Waals surface area contributed by atoms with Crippen LogP contribution in [0.1, 0.15) is 12.5 Å². The van der Waals surface area contributed by atoms with E-state index < -0.39 is 6.23 Å². The molecule has 1 atom stereocenters. The van der Waals surface area contributed by atoms with Gasteiger partial charge in [-0.05, 0) is 25.6 Å². The predicted molar refractivity (Wildman–Crippen MR) is 54.6 cm³/mol. The summed E-state index contributed by atoms with van der Waals surface area (Å²) in [5.74, 6) is 0. The quantitative estimate of drug-likeness (QED) is 0.754. The summed E-state index contributed by atoms with van der Waals surface area (Å²) in [6.07, 6.45) is -0.448. The van der Waals surface area contributed by atoms with E-state index in [2.05, 4.69) is 0 Å². The van der Waals surface area contributed by atoms with Crippen LogP contribution in [-0.2, 0) is 6.54 Å². The summed E-state index contributed by atoms with van der Waals surface area (Å²) in [5.41, 5.74) is 1.03. The monoisotopic (exact) mass is 199 g/mol. The first-order valence-electron chi connectivity index (χ1n) is 4.23. The summed E-state index contributed by atoms with van der Waals surface area (Å²) in [6.45, 7) is 2.40. The van der Waals surface area contributed by atoms with Gasteiger partial charge in [0.05, 0.1) is 0 Å². The van der Waals surface area contributed by atoms with Gasteiger partial charge in [0.1, 0.15) is 6.23 Å². The van der Waals surface area contributed by atoms with Gasteiger partial charge >= 0.3 is 0 Å². The van der Waals surface area contributed by atoms with Crippen LogP contribution in [0.5, 0.6) is 0 Å². The van der Waals surface area contributed by atoms with Crippen molar-refractivity contribution in [3.05, 3.63) is 34.9 Å². The Kier molecular flexibility index (Phi) is 3.72. The highest BCUT2D eigenvalue weighted by molar-refractivity contribution is 6.31. The summed E-state index contributed by atoms with van der Waals surface area (Å²) in [4.78, 5) is 1.82. The fourth-order valence-electron chi connectivity index (χ4n) is 1.03. The minimum absolute atomic E-state index is 0.448. The van der Waals surface area contributed by atoms with Crippen molar-refractivity contribution in [3.63, 3.8) is 0 Å². The van der Waals surface area contributed by atoms with Crippen molar-refractivity contribution in [1.82, 2.24) is 4.90 Å². The average molecular weight is 200 g/mol. The molecule has 3 heteroatoms. The molecule has 13 heavy (non-hydrogen) atoms. The Morgan fingerprint density at radius 1 is 1.46 bits per heavy atom. The molecule has 2 nitrogen and oxygen atoms in total. The molecular formula is C10H14ClNO. The number of benzene rings is 1. The molecule has 0 aliphatic rings. The zero-order chi connectivity index (χ0) is 9.84. The first kappa shape index (κ1) is 10.5. The van der Waals surface area contributed by atoms with Crippen LogP contribution in [0.3, 0.4) is 0 Å². The van der Waals surface area contributed by atoms with Gasteiger partial charge in [0, 0.05) is 11.6 Å². The summed E-state index contributed by atoms with van der Waals surface area (Å²) in [6, 6.07) is 7.65. The second-order valence-corrected chi connectivity index (χ2v) is 3.55. The summed E-state index contributed by atoms with van der Waals surface area (Å²) < 4.78 is 0. The number of aliphatic hydroxyl groups is 1. The van der Waals surface area contributed by atoms with E-state index in [1.54, 1.807) is 6.92 Å². The van der Waals surface area contributed by atoms with E-state index >= 15 is 0 Å². The molecule has 0 amide bonds. The Morgan fingerprint density at radius 3 is 2.62 bits per heavy atom. The molecule has 1 aromatic carbocycles. The van der Waals surface area contributed by atoms with Crippen LogP contribution in [0.2, 0.25) is 5.02 Å². The number of rotatable bonds is 3. The third kappa shape index (κ3) is 2.99. The van der Waals surface area contributed by atoms with E-state index in [0.29, 0.717) is 6.54 Å². The molecule has 0 aliphatic carbocycles. The fourth-order valence-corrected chi connectivity index (χ4v) is 1.22. The molecule has 0 aromatic heterocycles. The van der Waals surface area contributed by atoms with Crippen molar-refractivity contribution in [2.45, 2.75) is 19.7 Å². The van der Waals surface area contributed by atoms with Crippen LogP contribution < -0.4 is 0 Å². The Morgan fingerprint density at radius 2 is 2.08 bits per heavy atom. The van der Waals surface area contributed by atoms with E-state index in [-0.39, 0.29) is 0 Å². The number of hydrogen-bond acceptors (Lipinski definition) is 2. The van der Waals surface area contributed by atoms with Gasteiger partial charge in [0.15, 0.2) is 0 Å². The van der Waals surface area contributed by atoms with Gasteiger partial charge < -0.3 is 5.11 Å². The highest BCUT2D eigenvalue weighted by atomic mass is 35.5. The molecule has 0 fully saturated rings. The van der Waals surface area contributed by atoms with Gasteiger partial charge in [0.2, 0.25) is 0 Å². The smallest absolute Gasteiger partial charge is 0.104 e. The van der Waals surface area contributed by atoms with Crippen molar-refractivity contribution in [2.24, 2.45) is 0 Å². The molecule has 0 saturated heterocycles. The average Bonchev–Trinajstić information content (AvgIpc) is 2.08. The molecule has 0 heterocycles. The highest BCUT2D eigenvalue weighted by Crippen LogP contribution is 2.16. The maximum Gasteiger partial charge on any atom is 0.104 e. The fraction of sp³-hybridized carbons (Fsp3) is 0.400. The van der Waals surface area contributed by atoms with Crippen LogP contribution in [0.4, 0.5) is 0 Å².